The minimum Gasteiger partial charge on any atom is -0.477 e. The van der Waals surface area contributed by atoms with Crippen molar-refractivity contribution in [2.24, 2.45) is 0 Å². The fourth-order valence-corrected chi connectivity index (χ4v) is 1.30. The Labute approximate surface area is 86.7 Å². The predicted octanol–water partition coefficient (Wildman–Crippen LogP) is 2.28. The Hall–Kier alpha value is -2.05. The van der Waals surface area contributed by atoms with Gasteiger partial charge in [0.15, 0.2) is 0 Å². The van der Waals surface area contributed by atoms with Crippen molar-refractivity contribution >= 4 is 16.9 Å². The van der Waals surface area contributed by atoms with Crippen molar-refractivity contribution in [3.63, 3.8) is 0 Å². The van der Waals surface area contributed by atoms with Gasteiger partial charge in [-0.25, -0.2) is 4.79 Å². The molecule has 2 N–H and O–H groups in total. The Morgan fingerprint density at radius 3 is 2.62 bits per heavy atom. The molecule has 2 aromatic rings. The zero-order valence-corrected chi connectivity index (χ0v) is 7.67. The van der Waals surface area contributed by atoms with Crippen LogP contribution in [-0.4, -0.2) is 21.0 Å². The lowest BCUT2D eigenvalue weighted by molar-refractivity contribution is -0.141. The molecule has 0 unspecified atom stereocenters. The first-order valence-corrected chi connectivity index (χ1v) is 4.17. The summed E-state index contributed by atoms with van der Waals surface area (Å²) in [6.07, 6.45) is -3.55. The molecule has 0 atom stereocenters. The minimum absolute atomic E-state index is 0.0970. The highest BCUT2D eigenvalue weighted by molar-refractivity contribution is 5.93. The molecule has 7 heteroatoms. The zero-order valence-electron chi connectivity index (χ0n) is 7.67. The molecule has 2 aromatic heterocycles. The fourth-order valence-electron chi connectivity index (χ4n) is 1.30. The third-order valence-corrected chi connectivity index (χ3v) is 2.02. The summed E-state index contributed by atoms with van der Waals surface area (Å²) in [4.78, 5) is 16.2. The van der Waals surface area contributed by atoms with Crippen LogP contribution in [0.3, 0.4) is 0 Å². The van der Waals surface area contributed by atoms with E-state index in [0.717, 1.165) is 12.3 Å². The molecule has 0 aliphatic rings. The van der Waals surface area contributed by atoms with Crippen LogP contribution in [0.15, 0.2) is 18.3 Å². The summed E-state index contributed by atoms with van der Waals surface area (Å²) < 4.78 is 36.9. The number of nitrogens with one attached hydrogen (secondary N) is 1. The number of pyridine rings is 1. The lowest BCUT2D eigenvalue weighted by Crippen LogP contribution is -2.07. The van der Waals surface area contributed by atoms with E-state index in [1.807, 2.05) is 0 Å². The van der Waals surface area contributed by atoms with Crippen molar-refractivity contribution in [3.8, 4) is 0 Å². The molecule has 0 aliphatic carbocycles. The Kier molecular flexibility index (Phi) is 2.11. The van der Waals surface area contributed by atoms with Gasteiger partial charge in [-0.3, -0.25) is 4.98 Å². The number of aromatic carboxylic acids is 1. The van der Waals surface area contributed by atoms with E-state index in [-0.39, 0.29) is 11.2 Å². The van der Waals surface area contributed by atoms with Gasteiger partial charge < -0.3 is 10.1 Å². The first kappa shape index (κ1) is 10.5. The van der Waals surface area contributed by atoms with Crippen LogP contribution >= 0.6 is 0 Å². The Balaban J connectivity index is 2.58. The zero-order chi connectivity index (χ0) is 11.9. The highest BCUT2D eigenvalue weighted by Crippen LogP contribution is 2.29. The van der Waals surface area contributed by atoms with Gasteiger partial charge in [-0.15, -0.1) is 0 Å². The van der Waals surface area contributed by atoms with Crippen molar-refractivity contribution in [1.82, 2.24) is 9.97 Å². The second kappa shape index (κ2) is 3.22. The van der Waals surface area contributed by atoms with Crippen molar-refractivity contribution in [2.45, 2.75) is 6.18 Å². The summed E-state index contributed by atoms with van der Waals surface area (Å²) >= 11 is 0. The Bertz CT molecular complexity index is 559. The van der Waals surface area contributed by atoms with Crippen LogP contribution < -0.4 is 0 Å². The average Bonchev–Trinajstić information content (AvgIpc) is 2.58. The molecule has 16 heavy (non-hydrogen) atoms. The maximum absolute atomic E-state index is 12.3. The second-order valence-electron chi connectivity index (χ2n) is 3.14. The first-order chi connectivity index (χ1) is 7.38. The van der Waals surface area contributed by atoms with Crippen molar-refractivity contribution < 1.29 is 23.1 Å². The van der Waals surface area contributed by atoms with Gasteiger partial charge in [0.25, 0.3) is 0 Å². The molecule has 2 heterocycles. The Morgan fingerprint density at radius 2 is 2.06 bits per heavy atom. The van der Waals surface area contributed by atoms with Gasteiger partial charge in [-0.1, -0.05) is 0 Å². The second-order valence-corrected chi connectivity index (χ2v) is 3.14. The molecule has 0 radical (unpaired) electrons. The van der Waals surface area contributed by atoms with Crippen molar-refractivity contribution in [1.29, 1.82) is 0 Å². The van der Waals surface area contributed by atoms with E-state index in [4.69, 9.17) is 5.11 Å². The van der Waals surface area contributed by atoms with Crippen LogP contribution in [0.1, 0.15) is 16.2 Å². The van der Waals surface area contributed by atoms with Crippen LogP contribution in [-0.2, 0) is 6.18 Å². The lowest BCUT2D eigenvalue weighted by Gasteiger charge is -2.04. The average molecular weight is 230 g/mol. The molecule has 0 bridgehead atoms. The number of fused-ring (bicyclic) bond motifs is 1. The number of H-pyrrole nitrogens is 1. The number of carboxylic acids is 1. The molecule has 4 nitrogen and oxygen atoms in total. The number of aromatic amines is 1. The number of hydrogen-bond donors (Lipinski definition) is 2. The van der Waals surface area contributed by atoms with E-state index in [1.165, 1.54) is 6.07 Å². The molecule has 84 valence electrons. The molecule has 0 amide bonds. The SMILES string of the molecule is O=C(O)c1cc2cnc(C(F)(F)F)cc2[nH]1. The third-order valence-electron chi connectivity index (χ3n) is 2.02. The van der Waals surface area contributed by atoms with E-state index in [1.54, 1.807) is 0 Å². The van der Waals surface area contributed by atoms with Gasteiger partial charge in [-0.05, 0) is 12.1 Å². The number of nitrogens with zero attached hydrogens (tertiary/aromatic N) is 1. The topological polar surface area (TPSA) is 66.0 Å². The molecule has 0 saturated carbocycles. The monoisotopic (exact) mass is 230 g/mol. The highest BCUT2D eigenvalue weighted by Gasteiger charge is 2.32. The molecular weight excluding hydrogens is 225 g/mol. The van der Waals surface area contributed by atoms with Crippen LogP contribution in [0.2, 0.25) is 0 Å². The lowest BCUT2D eigenvalue weighted by atomic mass is 10.2. The Morgan fingerprint density at radius 1 is 1.38 bits per heavy atom. The number of aromatic nitrogens is 2. The van der Waals surface area contributed by atoms with E-state index >= 15 is 0 Å². The number of carboxylic acid groups (broad SMARTS) is 1. The quantitative estimate of drug-likeness (QED) is 0.789. The molecule has 0 aliphatic heterocycles. The molecule has 0 aromatic carbocycles. The van der Waals surface area contributed by atoms with Crippen LogP contribution in [0, 0.1) is 0 Å². The molecule has 0 fully saturated rings. The van der Waals surface area contributed by atoms with Gasteiger partial charge >= 0.3 is 12.1 Å². The molecule has 0 spiro atoms. The van der Waals surface area contributed by atoms with Crippen LogP contribution in [0.4, 0.5) is 13.2 Å². The summed E-state index contributed by atoms with van der Waals surface area (Å²) in [7, 11) is 0. The standard InChI is InChI=1S/C9H5F3N2O2/c10-9(11,12)7-2-5-4(3-13-7)1-6(14-5)8(15)16/h1-3,14H,(H,15,16). The van der Waals surface area contributed by atoms with Gasteiger partial charge in [-0.2, -0.15) is 13.2 Å². The van der Waals surface area contributed by atoms with E-state index < -0.39 is 17.8 Å². The fraction of sp³-hybridized carbons (Fsp3) is 0.111. The number of carbonyl (C=O) groups is 1. The van der Waals surface area contributed by atoms with E-state index in [9.17, 15) is 18.0 Å². The highest BCUT2D eigenvalue weighted by atomic mass is 19.4. The number of hydrogen-bond acceptors (Lipinski definition) is 2. The summed E-state index contributed by atoms with van der Waals surface area (Å²) in [6.45, 7) is 0. The van der Waals surface area contributed by atoms with Gasteiger partial charge in [0.05, 0.1) is 0 Å². The van der Waals surface area contributed by atoms with Crippen molar-refractivity contribution in [2.75, 3.05) is 0 Å². The molecule has 0 saturated heterocycles. The van der Waals surface area contributed by atoms with E-state index in [2.05, 4.69) is 9.97 Å². The van der Waals surface area contributed by atoms with Gasteiger partial charge in [0.1, 0.15) is 11.4 Å². The molecular formula is C9H5F3N2O2. The normalized spacial score (nSPS) is 11.9. The summed E-state index contributed by atoms with van der Waals surface area (Å²) in [6, 6.07) is 2.01. The number of alkyl halides is 3. The summed E-state index contributed by atoms with van der Waals surface area (Å²) in [5.41, 5.74) is -1.13. The predicted molar refractivity (Wildman–Crippen MR) is 48.1 cm³/mol. The van der Waals surface area contributed by atoms with E-state index in [0.29, 0.717) is 5.39 Å². The van der Waals surface area contributed by atoms with Crippen molar-refractivity contribution in [3.05, 3.63) is 29.7 Å². The molecule has 2 rings (SSSR count). The van der Waals surface area contributed by atoms with Gasteiger partial charge in [0.2, 0.25) is 0 Å². The maximum Gasteiger partial charge on any atom is 0.433 e. The number of halogens is 3. The maximum atomic E-state index is 12.3. The number of rotatable bonds is 1. The van der Waals surface area contributed by atoms with Gasteiger partial charge in [0, 0.05) is 17.1 Å². The third kappa shape index (κ3) is 1.71. The largest absolute Gasteiger partial charge is 0.477 e. The summed E-state index contributed by atoms with van der Waals surface area (Å²) in [5, 5.41) is 8.97. The first-order valence-electron chi connectivity index (χ1n) is 4.17. The van der Waals surface area contributed by atoms with Crippen LogP contribution in [0.5, 0.6) is 0 Å². The summed E-state index contributed by atoms with van der Waals surface area (Å²) in [5.74, 6) is -1.23. The van der Waals surface area contributed by atoms with Crippen LogP contribution in [0.25, 0.3) is 10.9 Å². The smallest absolute Gasteiger partial charge is 0.433 e. The minimum atomic E-state index is -4.54.